The lowest BCUT2D eigenvalue weighted by molar-refractivity contribution is -0.128. The lowest BCUT2D eigenvalue weighted by atomic mass is 9.96. The van der Waals surface area contributed by atoms with Crippen LogP contribution in [0.25, 0.3) is 0 Å². The molecule has 3 N–H and O–H groups in total. The maximum Gasteiger partial charge on any atom is 0.322 e. The third kappa shape index (κ3) is 3.65. The summed E-state index contributed by atoms with van der Waals surface area (Å²) in [5.41, 5.74) is 2.63. The van der Waals surface area contributed by atoms with E-state index in [1.807, 2.05) is 48.5 Å². The predicted molar refractivity (Wildman–Crippen MR) is 135 cm³/mol. The Morgan fingerprint density at radius 2 is 1.75 bits per heavy atom. The second kappa shape index (κ2) is 8.23. The number of nitrogens with one attached hydrogen (secondary N) is 3. The number of para-hydroxylation sites is 2. The van der Waals surface area contributed by atoms with Gasteiger partial charge in [0.05, 0.1) is 5.69 Å². The molecule has 0 bridgehead atoms. The molecular formula is C27H26N4O5. The Hall–Kier alpha value is -4.66. The molecule has 6 rings (SSSR count). The van der Waals surface area contributed by atoms with Crippen molar-refractivity contribution in [2.24, 2.45) is 0 Å². The molecule has 2 aliphatic heterocycles. The van der Waals surface area contributed by atoms with E-state index in [0.717, 1.165) is 11.1 Å². The van der Waals surface area contributed by atoms with Crippen LogP contribution in [0.5, 0.6) is 5.75 Å². The second-order valence-electron chi connectivity index (χ2n) is 9.18. The Morgan fingerprint density at radius 3 is 2.53 bits per heavy atom. The number of carbonyl (C=O) groups is 4. The third-order valence-corrected chi connectivity index (χ3v) is 6.78. The molecule has 36 heavy (non-hydrogen) atoms. The van der Waals surface area contributed by atoms with E-state index >= 15 is 0 Å². The normalized spacial score (nSPS) is 21.9. The molecular weight excluding hydrogens is 460 g/mol. The van der Waals surface area contributed by atoms with Gasteiger partial charge >= 0.3 is 6.03 Å². The number of benzene rings is 3. The first kappa shape index (κ1) is 21.8. The highest BCUT2D eigenvalue weighted by Gasteiger charge is 2.50. The van der Waals surface area contributed by atoms with Crippen molar-refractivity contribution in [3.8, 4) is 5.75 Å². The predicted octanol–water partition coefficient (Wildman–Crippen LogP) is 2.96. The van der Waals surface area contributed by atoms with Gasteiger partial charge in [0.1, 0.15) is 17.8 Å². The first-order valence-corrected chi connectivity index (χ1v) is 11.6. The Balaban J connectivity index is 0.00000168. The number of nitrogens with zero attached hydrogens (tertiary/aromatic N) is 1. The minimum absolute atomic E-state index is 0. The van der Waals surface area contributed by atoms with Crippen molar-refractivity contribution < 1.29 is 26.8 Å². The standard InChI is InChI=1S/C27H22N4O5.2H2/c32-22(28-19-11-10-17-13-27(14-18(17)12-19)25(34)29-26(35)30-27)15-31-20-8-4-5-9-21(20)36-23(24(31)33)16-6-2-1-3-7-16;;/h1-12,23H,13-15H2,(H,28,32)(H2,29,30,34,35);2*1H. The van der Waals surface area contributed by atoms with E-state index in [1.165, 1.54) is 4.90 Å². The summed E-state index contributed by atoms with van der Waals surface area (Å²) in [6.45, 7) is -0.192. The Kier molecular flexibility index (Phi) is 4.99. The topological polar surface area (TPSA) is 117 Å². The summed E-state index contributed by atoms with van der Waals surface area (Å²) >= 11 is 0. The Labute approximate surface area is 209 Å². The maximum atomic E-state index is 13.4. The summed E-state index contributed by atoms with van der Waals surface area (Å²) in [6, 6.07) is 21.2. The van der Waals surface area contributed by atoms with Crippen LogP contribution in [0.15, 0.2) is 72.8 Å². The van der Waals surface area contributed by atoms with Crippen LogP contribution in [0.4, 0.5) is 16.2 Å². The van der Waals surface area contributed by atoms with Gasteiger partial charge in [0, 0.05) is 26.9 Å². The molecule has 184 valence electrons. The largest absolute Gasteiger partial charge is 0.474 e. The minimum atomic E-state index is -0.974. The fourth-order valence-corrected chi connectivity index (χ4v) is 5.09. The van der Waals surface area contributed by atoms with Crippen LogP contribution in [0.2, 0.25) is 0 Å². The number of hydrogen-bond donors (Lipinski definition) is 3. The molecule has 0 aromatic heterocycles. The van der Waals surface area contributed by atoms with Crippen LogP contribution >= 0.6 is 0 Å². The zero-order chi connectivity index (χ0) is 24.9. The third-order valence-electron chi connectivity index (χ3n) is 6.78. The average molecular weight is 487 g/mol. The molecule has 9 nitrogen and oxygen atoms in total. The number of fused-ring (bicyclic) bond motifs is 2. The Bertz CT molecular complexity index is 1430. The van der Waals surface area contributed by atoms with E-state index in [2.05, 4.69) is 16.0 Å². The summed E-state index contributed by atoms with van der Waals surface area (Å²) in [5.74, 6) is -0.509. The lowest BCUT2D eigenvalue weighted by Crippen LogP contribution is -2.47. The highest BCUT2D eigenvalue weighted by Crippen LogP contribution is 2.39. The lowest BCUT2D eigenvalue weighted by Gasteiger charge is -2.34. The summed E-state index contributed by atoms with van der Waals surface area (Å²) in [7, 11) is 0. The van der Waals surface area contributed by atoms with E-state index in [0.29, 0.717) is 35.5 Å². The smallest absolute Gasteiger partial charge is 0.322 e. The fraction of sp³-hybridized carbons (Fsp3) is 0.185. The van der Waals surface area contributed by atoms with Gasteiger partial charge in [-0.2, -0.15) is 0 Å². The molecule has 1 aliphatic carbocycles. The van der Waals surface area contributed by atoms with Crippen molar-refractivity contribution >= 4 is 35.1 Å². The van der Waals surface area contributed by atoms with Gasteiger partial charge in [0.15, 0.2) is 0 Å². The van der Waals surface area contributed by atoms with Crippen molar-refractivity contribution in [1.29, 1.82) is 0 Å². The number of anilines is 2. The number of amides is 5. The number of rotatable bonds is 4. The molecule has 2 heterocycles. The van der Waals surface area contributed by atoms with E-state index in [-0.39, 0.29) is 27.1 Å². The SMILES string of the molecule is O=C(CN1C(=O)C(c2ccccc2)Oc2ccccc21)Nc1ccc2c(c1)CC1(C2)NC(=O)NC1=O.[HH].[HH]. The van der Waals surface area contributed by atoms with Gasteiger partial charge in [0.25, 0.3) is 11.8 Å². The molecule has 2 atom stereocenters. The van der Waals surface area contributed by atoms with Gasteiger partial charge in [-0.1, -0.05) is 48.5 Å². The molecule has 3 aliphatic rings. The van der Waals surface area contributed by atoms with Crippen LogP contribution in [0.1, 0.15) is 25.6 Å². The molecule has 0 saturated carbocycles. The first-order valence-electron chi connectivity index (χ1n) is 11.6. The van der Waals surface area contributed by atoms with Crippen LogP contribution in [-0.4, -0.2) is 35.8 Å². The first-order chi connectivity index (χ1) is 17.4. The van der Waals surface area contributed by atoms with E-state index in [1.54, 1.807) is 24.3 Å². The van der Waals surface area contributed by atoms with Crippen LogP contribution in [0.3, 0.4) is 0 Å². The van der Waals surface area contributed by atoms with Crippen molar-refractivity contribution in [3.63, 3.8) is 0 Å². The zero-order valence-electron chi connectivity index (χ0n) is 19.1. The monoisotopic (exact) mass is 486 g/mol. The molecule has 1 spiro atoms. The molecule has 0 radical (unpaired) electrons. The zero-order valence-corrected chi connectivity index (χ0v) is 19.1. The number of ether oxygens (including phenoxy) is 1. The summed E-state index contributed by atoms with van der Waals surface area (Å²) < 4.78 is 5.99. The van der Waals surface area contributed by atoms with Gasteiger partial charge < -0.3 is 15.4 Å². The number of imide groups is 1. The van der Waals surface area contributed by atoms with Gasteiger partial charge in [-0.15, -0.1) is 0 Å². The summed E-state index contributed by atoms with van der Waals surface area (Å²) in [4.78, 5) is 51.8. The van der Waals surface area contributed by atoms with Gasteiger partial charge in [-0.25, -0.2) is 4.79 Å². The molecule has 3 aromatic carbocycles. The maximum absolute atomic E-state index is 13.4. The van der Waals surface area contributed by atoms with Gasteiger partial charge in [-0.05, 0) is 35.4 Å². The van der Waals surface area contributed by atoms with E-state index < -0.39 is 17.7 Å². The van der Waals surface area contributed by atoms with Crippen molar-refractivity contribution in [2.75, 3.05) is 16.8 Å². The second-order valence-corrected chi connectivity index (χ2v) is 9.18. The summed E-state index contributed by atoms with van der Waals surface area (Å²) in [5, 5.41) is 7.89. The number of hydrogen-bond acceptors (Lipinski definition) is 5. The van der Waals surface area contributed by atoms with E-state index in [4.69, 9.17) is 4.74 Å². The van der Waals surface area contributed by atoms with Crippen molar-refractivity contribution in [3.05, 3.63) is 89.5 Å². The van der Waals surface area contributed by atoms with Crippen molar-refractivity contribution in [2.45, 2.75) is 24.5 Å². The van der Waals surface area contributed by atoms with Gasteiger partial charge in [0.2, 0.25) is 12.0 Å². The number of urea groups is 1. The van der Waals surface area contributed by atoms with E-state index in [9.17, 15) is 19.2 Å². The Morgan fingerprint density at radius 1 is 1.00 bits per heavy atom. The summed E-state index contributed by atoms with van der Waals surface area (Å²) in [6.07, 6.45) is -0.107. The van der Waals surface area contributed by atoms with Gasteiger partial charge in [-0.3, -0.25) is 24.6 Å². The highest BCUT2D eigenvalue weighted by atomic mass is 16.5. The van der Waals surface area contributed by atoms with Crippen LogP contribution < -0.4 is 25.6 Å². The minimum Gasteiger partial charge on any atom is -0.474 e. The molecule has 1 fully saturated rings. The average Bonchev–Trinajstić information content (AvgIpc) is 3.37. The van der Waals surface area contributed by atoms with Crippen molar-refractivity contribution in [1.82, 2.24) is 10.6 Å². The van der Waals surface area contributed by atoms with Crippen LogP contribution in [0, 0.1) is 0 Å². The molecule has 5 amide bonds. The molecule has 1 saturated heterocycles. The molecule has 3 aromatic rings. The quantitative estimate of drug-likeness (QED) is 0.490. The molecule has 2 unspecified atom stereocenters. The van der Waals surface area contributed by atoms with Crippen LogP contribution in [-0.2, 0) is 27.2 Å². The fourth-order valence-electron chi connectivity index (χ4n) is 5.09. The highest BCUT2D eigenvalue weighted by molar-refractivity contribution is 6.08. The molecule has 9 heteroatoms. The number of carbonyl (C=O) groups excluding carboxylic acids is 4.